The molecular weight excluding hydrogens is 228 g/mol. The Morgan fingerprint density at radius 3 is 2.67 bits per heavy atom. The van der Waals surface area contributed by atoms with E-state index in [4.69, 9.17) is 10.5 Å². The fourth-order valence-electron chi connectivity index (χ4n) is 3.24. The predicted octanol–water partition coefficient (Wildman–Crippen LogP) is 1.58. The summed E-state index contributed by atoms with van der Waals surface area (Å²) >= 11 is 0. The van der Waals surface area contributed by atoms with Gasteiger partial charge >= 0.3 is 0 Å². The quantitative estimate of drug-likeness (QED) is 0.783. The van der Waals surface area contributed by atoms with Crippen molar-refractivity contribution in [3.63, 3.8) is 0 Å². The van der Waals surface area contributed by atoms with Crippen molar-refractivity contribution >= 4 is 5.91 Å². The number of rotatable bonds is 5. The van der Waals surface area contributed by atoms with Crippen LogP contribution in [0.1, 0.15) is 51.9 Å². The van der Waals surface area contributed by atoms with Gasteiger partial charge in [0, 0.05) is 13.1 Å². The molecule has 1 aliphatic carbocycles. The van der Waals surface area contributed by atoms with Gasteiger partial charge in [0.05, 0.1) is 6.10 Å². The van der Waals surface area contributed by atoms with Crippen LogP contribution in [0, 0.1) is 5.41 Å². The highest BCUT2D eigenvalue weighted by molar-refractivity contribution is 5.81. The fourth-order valence-corrected chi connectivity index (χ4v) is 3.24. The third-order valence-electron chi connectivity index (χ3n) is 4.71. The maximum atomic E-state index is 12.0. The number of nitrogens with one attached hydrogen (secondary N) is 1. The molecule has 0 bridgehead atoms. The van der Waals surface area contributed by atoms with Crippen LogP contribution in [0.5, 0.6) is 0 Å². The molecule has 1 saturated heterocycles. The molecule has 1 aliphatic heterocycles. The summed E-state index contributed by atoms with van der Waals surface area (Å²) in [5.74, 6) is 0.0608. The number of nitrogens with two attached hydrogens (primary N) is 1. The van der Waals surface area contributed by atoms with E-state index in [1.54, 1.807) is 0 Å². The molecule has 2 aliphatic rings. The van der Waals surface area contributed by atoms with E-state index >= 15 is 0 Å². The van der Waals surface area contributed by atoms with E-state index in [-0.39, 0.29) is 18.1 Å². The van der Waals surface area contributed by atoms with Crippen molar-refractivity contribution in [2.75, 3.05) is 13.1 Å². The molecule has 4 heteroatoms. The third kappa shape index (κ3) is 3.04. The van der Waals surface area contributed by atoms with Gasteiger partial charge in [-0.15, -0.1) is 0 Å². The summed E-state index contributed by atoms with van der Waals surface area (Å²) in [7, 11) is 0. The molecule has 1 heterocycles. The largest absolute Gasteiger partial charge is 0.364 e. The predicted molar refractivity (Wildman–Crippen MR) is 71.2 cm³/mol. The number of carbonyl (C=O) groups excluding carboxylic acids is 1. The van der Waals surface area contributed by atoms with Crippen molar-refractivity contribution in [3.8, 4) is 0 Å². The molecule has 18 heavy (non-hydrogen) atoms. The number of hydrogen-bond donors (Lipinski definition) is 2. The molecule has 0 aromatic heterocycles. The van der Waals surface area contributed by atoms with Crippen molar-refractivity contribution in [2.24, 2.45) is 11.1 Å². The first-order valence-electron chi connectivity index (χ1n) is 7.32. The Labute approximate surface area is 110 Å². The zero-order valence-corrected chi connectivity index (χ0v) is 11.4. The standard InChI is InChI=1S/C14H26N2O2/c1-2-14(7-3-4-8-14)10-16-13(17)12-6-5-11(9-15)18-12/h11-12H,2-10,15H2,1H3,(H,16,17). The van der Waals surface area contributed by atoms with Gasteiger partial charge in [-0.25, -0.2) is 0 Å². The molecule has 0 spiro atoms. The summed E-state index contributed by atoms with van der Waals surface area (Å²) in [5.41, 5.74) is 5.90. The van der Waals surface area contributed by atoms with Gasteiger partial charge in [-0.3, -0.25) is 4.79 Å². The van der Waals surface area contributed by atoms with Crippen LogP contribution in [-0.4, -0.2) is 31.2 Å². The molecule has 0 radical (unpaired) electrons. The van der Waals surface area contributed by atoms with E-state index in [2.05, 4.69) is 12.2 Å². The smallest absolute Gasteiger partial charge is 0.249 e. The summed E-state index contributed by atoms with van der Waals surface area (Å²) in [5, 5.41) is 3.10. The van der Waals surface area contributed by atoms with E-state index in [0.717, 1.165) is 25.8 Å². The van der Waals surface area contributed by atoms with Crippen LogP contribution in [0.3, 0.4) is 0 Å². The molecule has 3 N–H and O–H groups in total. The fraction of sp³-hybridized carbons (Fsp3) is 0.929. The Hall–Kier alpha value is -0.610. The monoisotopic (exact) mass is 254 g/mol. The lowest BCUT2D eigenvalue weighted by Crippen LogP contribution is -2.41. The maximum Gasteiger partial charge on any atom is 0.249 e. The Morgan fingerprint density at radius 1 is 1.39 bits per heavy atom. The normalized spacial score (nSPS) is 30.6. The van der Waals surface area contributed by atoms with E-state index < -0.39 is 0 Å². The lowest BCUT2D eigenvalue weighted by atomic mass is 9.83. The number of hydrogen-bond acceptors (Lipinski definition) is 3. The molecule has 2 rings (SSSR count). The molecule has 0 aromatic carbocycles. The Kier molecular flexibility index (Phi) is 4.62. The minimum Gasteiger partial charge on any atom is -0.364 e. The van der Waals surface area contributed by atoms with E-state index in [1.165, 1.54) is 25.7 Å². The van der Waals surface area contributed by atoms with Crippen LogP contribution < -0.4 is 11.1 Å². The van der Waals surface area contributed by atoms with Crippen molar-refractivity contribution in [3.05, 3.63) is 0 Å². The second-order valence-electron chi connectivity index (χ2n) is 5.84. The maximum absolute atomic E-state index is 12.0. The van der Waals surface area contributed by atoms with Gasteiger partial charge in [-0.1, -0.05) is 19.8 Å². The highest BCUT2D eigenvalue weighted by Crippen LogP contribution is 2.40. The zero-order valence-electron chi connectivity index (χ0n) is 11.4. The Bertz CT molecular complexity index is 288. The van der Waals surface area contributed by atoms with Gasteiger partial charge in [-0.05, 0) is 37.5 Å². The summed E-state index contributed by atoms with van der Waals surface area (Å²) in [6, 6.07) is 0. The molecule has 4 nitrogen and oxygen atoms in total. The summed E-state index contributed by atoms with van der Waals surface area (Å²) < 4.78 is 5.62. The molecule has 1 saturated carbocycles. The van der Waals surface area contributed by atoms with E-state index in [0.29, 0.717) is 12.0 Å². The molecule has 1 amide bonds. The highest BCUT2D eigenvalue weighted by Gasteiger charge is 2.34. The van der Waals surface area contributed by atoms with Crippen LogP contribution >= 0.6 is 0 Å². The van der Waals surface area contributed by atoms with Crippen LogP contribution in [0.15, 0.2) is 0 Å². The van der Waals surface area contributed by atoms with Gasteiger partial charge in [0.15, 0.2) is 0 Å². The van der Waals surface area contributed by atoms with E-state index in [1.807, 2.05) is 0 Å². The number of carbonyl (C=O) groups is 1. The lowest BCUT2D eigenvalue weighted by Gasteiger charge is -2.28. The van der Waals surface area contributed by atoms with Gasteiger partial charge < -0.3 is 15.8 Å². The van der Waals surface area contributed by atoms with Crippen molar-refractivity contribution in [1.29, 1.82) is 0 Å². The Balaban J connectivity index is 1.78. The topological polar surface area (TPSA) is 64.4 Å². The second kappa shape index (κ2) is 6.02. The molecule has 2 fully saturated rings. The lowest BCUT2D eigenvalue weighted by molar-refractivity contribution is -0.132. The second-order valence-corrected chi connectivity index (χ2v) is 5.84. The van der Waals surface area contributed by atoms with E-state index in [9.17, 15) is 4.79 Å². The van der Waals surface area contributed by atoms with Crippen LogP contribution in [0.2, 0.25) is 0 Å². The van der Waals surface area contributed by atoms with Gasteiger partial charge in [0.25, 0.3) is 0 Å². The van der Waals surface area contributed by atoms with Gasteiger partial charge in [0.2, 0.25) is 5.91 Å². The molecule has 2 atom stereocenters. The van der Waals surface area contributed by atoms with Crippen LogP contribution in [0.4, 0.5) is 0 Å². The van der Waals surface area contributed by atoms with Gasteiger partial charge in [0.1, 0.15) is 6.10 Å². The Morgan fingerprint density at radius 2 is 2.11 bits per heavy atom. The average Bonchev–Trinajstić information content (AvgIpc) is 3.05. The van der Waals surface area contributed by atoms with Gasteiger partial charge in [-0.2, -0.15) is 0 Å². The molecule has 0 aromatic rings. The first kappa shape index (κ1) is 13.8. The first-order chi connectivity index (χ1) is 8.69. The molecule has 104 valence electrons. The first-order valence-corrected chi connectivity index (χ1v) is 7.32. The third-order valence-corrected chi connectivity index (χ3v) is 4.71. The molecule has 2 unspecified atom stereocenters. The molecular formula is C14H26N2O2. The van der Waals surface area contributed by atoms with Crippen LogP contribution in [-0.2, 0) is 9.53 Å². The number of ether oxygens (including phenoxy) is 1. The van der Waals surface area contributed by atoms with Crippen molar-refractivity contribution in [1.82, 2.24) is 5.32 Å². The summed E-state index contributed by atoms with van der Waals surface area (Å²) in [6.45, 7) is 3.56. The zero-order chi connectivity index (χ0) is 13.0. The SMILES string of the molecule is CCC1(CNC(=O)C2CCC(CN)O2)CCCC1. The summed E-state index contributed by atoms with van der Waals surface area (Å²) in [6.07, 6.45) is 7.80. The number of amides is 1. The minimum atomic E-state index is -0.270. The van der Waals surface area contributed by atoms with Crippen molar-refractivity contribution in [2.45, 2.75) is 64.1 Å². The van der Waals surface area contributed by atoms with Crippen molar-refractivity contribution < 1.29 is 9.53 Å². The average molecular weight is 254 g/mol. The summed E-state index contributed by atoms with van der Waals surface area (Å²) in [4.78, 5) is 12.0. The van der Waals surface area contributed by atoms with Crippen LogP contribution in [0.25, 0.3) is 0 Å². The minimum absolute atomic E-state index is 0.0608. The highest BCUT2D eigenvalue weighted by atomic mass is 16.5.